The molecule has 0 amide bonds. The van der Waals surface area contributed by atoms with Gasteiger partial charge in [-0.25, -0.2) is 0 Å². The lowest BCUT2D eigenvalue weighted by atomic mass is 10.1. The quantitative estimate of drug-likeness (QED) is 0.325. The van der Waals surface area contributed by atoms with Gasteiger partial charge in [0.05, 0.1) is 0 Å². The van der Waals surface area contributed by atoms with E-state index >= 15 is 0 Å². The Kier molecular flexibility index (Phi) is 11.3. The molecule has 0 bridgehead atoms. The first-order chi connectivity index (χ1) is 11.0. The number of benzene rings is 2. The van der Waals surface area contributed by atoms with E-state index in [1.54, 1.807) is 0 Å². The highest BCUT2D eigenvalue weighted by Gasteiger charge is 1.86. The fourth-order valence-corrected chi connectivity index (χ4v) is 1.13. The van der Waals surface area contributed by atoms with E-state index in [1.165, 1.54) is 10.8 Å². The molecular weight excluding hydrogens is 408 g/mol. The lowest BCUT2D eigenvalue weighted by molar-refractivity contribution is 0.378. The fourth-order valence-electron chi connectivity index (χ4n) is 1.13. The van der Waals surface area contributed by atoms with Gasteiger partial charge in [0.15, 0.2) is 0 Å². The van der Waals surface area contributed by atoms with Crippen molar-refractivity contribution in [2.24, 2.45) is 0 Å². The van der Waals surface area contributed by atoms with Crippen LogP contribution < -0.4 is 0 Å². The Morgan fingerprint density at radius 2 is 0.560 bits per heavy atom. The third-order valence-corrected chi connectivity index (χ3v) is 1.66. The van der Waals surface area contributed by atoms with Gasteiger partial charge in [-0.1, -0.05) is 48.5 Å². The van der Waals surface area contributed by atoms with Gasteiger partial charge in [-0.15, -0.1) is 0 Å². The van der Waals surface area contributed by atoms with Crippen LogP contribution in [0, 0.1) is 0 Å². The van der Waals surface area contributed by atoms with Crippen LogP contribution in [0.1, 0.15) is 0 Å². The summed E-state index contributed by atoms with van der Waals surface area (Å²) >= 11 is 0. The van der Waals surface area contributed by atoms with Crippen LogP contribution in [-0.2, 0) is 31.2 Å². The topological polar surface area (TPSA) is 224 Å². The first-order valence-electron chi connectivity index (χ1n) is 5.50. The molecule has 0 saturated heterocycles. The predicted octanol–water partition coefficient (Wildman–Crippen LogP) is 0.881. The minimum absolute atomic E-state index is 1.31. The fraction of sp³-hybridized carbons (Fsp3) is 0. The number of hydrogen-bond acceptors (Lipinski definition) is 6. The van der Waals surface area contributed by atoms with E-state index in [0.29, 0.717) is 0 Å². The van der Waals surface area contributed by atoms with Gasteiger partial charge in [0.1, 0.15) is 0 Å². The van der Waals surface area contributed by atoms with E-state index in [0.717, 1.165) is 0 Å². The van der Waals surface area contributed by atoms with Crippen molar-refractivity contribution in [3.63, 3.8) is 0 Å². The molecule has 12 nitrogen and oxygen atoms in total. The maximum atomic E-state index is 8.74. The van der Waals surface area contributed by atoms with Crippen molar-refractivity contribution in [1.82, 2.24) is 0 Å². The van der Waals surface area contributed by atoms with Crippen LogP contribution in [0.15, 0.2) is 48.5 Å². The van der Waals surface area contributed by atoms with E-state index in [2.05, 4.69) is 48.5 Å². The van der Waals surface area contributed by atoms with E-state index in [4.69, 9.17) is 52.6 Å². The van der Waals surface area contributed by atoms with E-state index in [9.17, 15) is 0 Å². The van der Waals surface area contributed by atoms with Gasteiger partial charge in [-0.2, -0.15) is 25.3 Å². The van der Waals surface area contributed by atoms with Crippen molar-refractivity contribution in [2.75, 3.05) is 0 Å². The van der Waals surface area contributed by atoms with Crippen molar-refractivity contribution < 1.29 is 52.6 Å². The zero-order chi connectivity index (χ0) is 20.3. The lowest BCUT2D eigenvalue weighted by Gasteiger charge is -1.92. The molecule has 0 unspecified atom stereocenters. The molecule has 2 aromatic rings. The third kappa shape index (κ3) is 34.6. The smallest absolute Gasteiger partial charge is 0.264 e. The SMILES string of the molecule is O=S(=O)(O)O.O=S(=O)(O)O.O=S(=O)(O)O.c1ccc2ccccc2c1. The average Bonchev–Trinajstić information content (AvgIpc) is 2.33. The summed E-state index contributed by atoms with van der Waals surface area (Å²) in [6.07, 6.45) is 0. The Morgan fingerprint density at radius 1 is 0.440 bits per heavy atom. The molecule has 0 heterocycles. The molecule has 2 rings (SSSR count). The number of rotatable bonds is 0. The molecule has 0 aliphatic heterocycles. The Balaban J connectivity index is 0. The lowest BCUT2D eigenvalue weighted by Crippen LogP contribution is -1.89. The highest BCUT2D eigenvalue weighted by Crippen LogP contribution is 2.11. The van der Waals surface area contributed by atoms with Crippen LogP contribution in [0.4, 0.5) is 0 Å². The van der Waals surface area contributed by atoms with E-state index in [-0.39, 0.29) is 0 Å². The largest absolute Gasteiger partial charge is 0.394 e. The molecule has 25 heavy (non-hydrogen) atoms. The van der Waals surface area contributed by atoms with Gasteiger partial charge in [-0.05, 0) is 10.8 Å². The van der Waals surface area contributed by atoms with E-state index in [1.807, 2.05) is 0 Å². The van der Waals surface area contributed by atoms with Gasteiger partial charge in [-0.3, -0.25) is 27.3 Å². The van der Waals surface area contributed by atoms with Gasteiger partial charge >= 0.3 is 31.2 Å². The summed E-state index contributed by atoms with van der Waals surface area (Å²) in [6.45, 7) is 0. The minimum Gasteiger partial charge on any atom is -0.264 e. The van der Waals surface area contributed by atoms with Crippen LogP contribution in [0.25, 0.3) is 10.8 Å². The molecule has 0 aromatic heterocycles. The molecule has 0 aliphatic rings. The third-order valence-electron chi connectivity index (χ3n) is 1.66. The molecule has 0 fully saturated rings. The molecular formula is C10H14O12S3. The highest BCUT2D eigenvalue weighted by molar-refractivity contribution is 7.80. The summed E-state index contributed by atoms with van der Waals surface area (Å²) in [5, 5.41) is 2.62. The number of fused-ring (bicyclic) bond motifs is 1. The van der Waals surface area contributed by atoms with Gasteiger partial charge < -0.3 is 0 Å². The van der Waals surface area contributed by atoms with Gasteiger partial charge in [0, 0.05) is 0 Å². The Hall–Kier alpha value is -1.69. The Labute approximate surface area is 143 Å². The average molecular weight is 422 g/mol. The van der Waals surface area contributed by atoms with Crippen molar-refractivity contribution in [1.29, 1.82) is 0 Å². The summed E-state index contributed by atoms with van der Waals surface area (Å²) in [5.74, 6) is 0. The molecule has 0 spiro atoms. The molecule has 2 aromatic carbocycles. The van der Waals surface area contributed by atoms with Crippen molar-refractivity contribution in [3.05, 3.63) is 48.5 Å². The van der Waals surface area contributed by atoms with Crippen molar-refractivity contribution in [3.8, 4) is 0 Å². The Bertz CT molecular complexity index is 787. The summed E-state index contributed by atoms with van der Waals surface area (Å²) in [4.78, 5) is 0. The maximum absolute atomic E-state index is 8.74. The maximum Gasteiger partial charge on any atom is 0.394 e. The highest BCUT2D eigenvalue weighted by atomic mass is 32.3. The Morgan fingerprint density at radius 3 is 0.680 bits per heavy atom. The summed E-state index contributed by atoms with van der Waals surface area (Å²) in [5.41, 5.74) is 0. The van der Waals surface area contributed by atoms with E-state index < -0.39 is 31.2 Å². The summed E-state index contributed by atoms with van der Waals surface area (Å²) in [7, 11) is -14.0. The van der Waals surface area contributed by atoms with Crippen LogP contribution in [0.3, 0.4) is 0 Å². The standard InChI is InChI=1S/C10H8.3H2O4S/c1-2-6-10-8-4-3-7-9(10)5-1;3*1-5(2,3)4/h1-8H;3*(H2,1,2,3,4). The van der Waals surface area contributed by atoms with Crippen LogP contribution in [0.5, 0.6) is 0 Å². The zero-order valence-corrected chi connectivity index (χ0v) is 14.4. The molecule has 144 valence electrons. The van der Waals surface area contributed by atoms with Crippen LogP contribution in [0.2, 0.25) is 0 Å². The monoisotopic (exact) mass is 422 g/mol. The van der Waals surface area contributed by atoms with Crippen molar-refractivity contribution >= 4 is 42.0 Å². The zero-order valence-electron chi connectivity index (χ0n) is 12.0. The molecule has 0 saturated carbocycles. The van der Waals surface area contributed by atoms with Gasteiger partial charge in [0.25, 0.3) is 0 Å². The predicted molar refractivity (Wildman–Crippen MR) is 86.5 cm³/mol. The molecule has 6 N–H and O–H groups in total. The second kappa shape index (κ2) is 11.0. The first kappa shape index (κ1) is 25.5. The second-order valence-electron chi connectivity index (χ2n) is 3.69. The van der Waals surface area contributed by atoms with Crippen LogP contribution >= 0.6 is 0 Å². The molecule has 0 atom stereocenters. The molecule has 0 aliphatic carbocycles. The second-order valence-corrected chi connectivity index (χ2v) is 6.38. The minimum atomic E-state index is -4.67. The van der Waals surface area contributed by atoms with Crippen molar-refractivity contribution in [2.45, 2.75) is 0 Å². The molecule has 15 heteroatoms. The normalized spacial score (nSPS) is 11.0. The van der Waals surface area contributed by atoms with Crippen LogP contribution in [-0.4, -0.2) is 52.6 Å². The summed E-state index contributed by atoms with van der Waals surface area (Å²) < 4.78 is 94.8. The van der Waals surface area contributed by atoms with Gasteiger partial charge in [0.2, 0.25) is 0 Å². The molecule has 0 radical (unpaired) electrons. The first-order valence-corrected chi connectivity index (χ1v) is 9.69. The summed E-state index contributed by atoms with van der Waals surface area (Å²) in [6, 6.07) is 16.7. The number of hydrogen-bond donors (Lipinski definition) is 6.